The van der Waals surface area contributed by atoms with Crippen LogP contribution < -0.4 is 10.3 Å². The fraction of sp³-hybridized carbons (Fsp3) is 0.333. The maximum atomic E-state index is 13.2. The maximum absolute atomic E-state index is 13.2. The summed E-state index contributed by atoms with van der Waals surface area (Å²) in [7, 11) is 0. The van der Waals surface area contributed by atoms with Gasteiger partial charge in [-0.1, -0.05) is 0 Å². The lowest BCUT2D eigenvalue weighted by Crippen LogP contribution is -2.13. The number of ether oxygens (including phenoxy) is 2. The second kappa shape index (κ2) is 7.93. The highest BCUT2D eigenvalue weighted by Crippen LogP contribution is 2.38. The first-order chi connectivity index (χ1) is 11.4. The Balaban J connectivity index is 2.22. The first-order valence-corrected chi connectivity index (χ1v) is 7.00. The number of nitrogens with zero attached hydrogens (tertiary/aromatic N) is 1. The SMILES string of the molecule is O=c1ccc(-c2ccc(OCCOCCO)c(C(F)(F)F)c2)n[nH]1. The van der Waals surface area contributed by atoms with Crippen molar-refractivity contribution < 1.29 is 27.8 Å². The van der Waals surface area contributed by atoms with E-state index in [0.29, 0.717) is 0 Å². The summed E-state index contributed by atoms with van der Waals surface area (Å²) in [5.74, 6) is -0.330. The molecule has 0 amide bonds. The van der Waals surface area contributed by atoms with Crippen LogP contribution in [0.15, 0.2) is 35.1 Å². The van der Waals surface area contributed by atoms with Crippen molar-refractivity contribution >= 4 is 0 Å². The molecule has 2 N–H and O–H groups in total. The van der Waals surface area contributed by atoms with Crippen LogP contribution in [0, 0.1) is 0 Å². The van der Waals surface area contributed by atoms with Crippen LogP contribution in [0.1, 0.15) is 5.56 Å². The highest BCUT2D eigenvalue weighted by atomic mass is 19.4. The van der Waals surface area contributed by atoms with Crippen LogP contribution in [0.25, 0.3) is 11.3 Å². The molecule has 130 valence electrons. The van der Waals surface area contributed by atoms with Gasteiger partial charge in [0.25, 0.3) is 5.56 Å². The van der Waals surface area contributed by atoms with Crippen molar-refractivity contribution in [1.29, 1.82) is 0 Å². The van der Waals surface area contributed by atoms with E-state index in [1.54, 1.807) is 0 Å². The fourth-order valence-electron chi connectivity index (χ4n) is 1.92. The third-order valence-corrected chi connectivity index (χ3v) is 2.98. The molecule has 0 aliphatic heterocycles. The van der Waals surface area contributed by atoms with Gasteiger partial charge in [-0.25, -0.2) is 5.10 Å². The minimum atomic E-state index is -4.61. The summed E-state index contributed by atoms with van der Waals surface area (Å²) >= 11 is 0. The number of benzene rings is 1. The summed E-state index contributed by atoms with van der Waals surface area (Å²) in [6.07, 6.45) is -4.61. The predicted molar refractivity (Wildman–Crippen MR) is 78.7 cm³/mol. The number of nitrogens with one attached hydrogen (secondary N) is 1. The molecule has 0 bridgehead atoms. The molecule has 0 fully saturated rings. The van der Waals surface area contributed by atoms with Gasteiger partial charge in [0, 0.05) is 11.6 Å². The van der Waals surface area contributed by atoms with Crippen LogP contribution in [0.2, 0.25) is 0 Å². The van der Waals surface area contributed by atoms with E-state index in [1.807, 2.05) is 0 Å². The highest BCUT2D eigenvalue weighted by molar-refractivity contribution is 5.62. The molecule has 0 aliphatic rings. The molecule has 2 rings (SSSR count). The zero-order valence-electron chi connectivity index (χ0n) is 12.5. The van der Waals surface area contributed by atoms with Crippen LogP contribution in [-0.4, -0.2) is 41.7 Å². The van der Waals surface area contributed by atoms with Crippen molar-refractivity contribution in [2.45, 2.75) is 6.18 Å². The second-order valence-corrected chi connectivity index (χ2v) is 4.70. The van der Waals surface area contributed by atoms with Crippen molar-refractivity contribution in [2.24, 2.45) is 0 Å². The summed E-state index contributed by atoms with van der Waals surface area (Å²) in [5, 5.41) is 14.4. The third kappa shape index (κ3) is 4.80. The van der Waals surface area contributed by atoms with Gasteiger partial charge < -0.3 is 14.6 Å². The van der Waals surface area contributed by atoms with Gasteiger partial charge in [-0.15, -0.1) is 0 Å². The number of hydrogen-bond donors (Lipinski definition) is 2. The van der Waals surface area contributed by atoms with Crippen LogP contribution in [0.3, 0.4) is 0 Å². The molecule has 0 atom stereocenters. The van der Waals surface area contributed by atoms with E-state index in [9.17, 15) is 18.0 Å². The lowest BCUT2D eigenvalue weighted by Gasteiger charge is -2.15. The number of H-pyrrole nitrogens is 1. The number of aromatic amines is 1. The largest absolute Gasteiger partial charge is 0.491 e. The summed E-state index contributed by atoms with van der Waals surface area (Å²) in [6.45, 7) is -0.110. The van der Waals surface area contributed by atoms with Crippen molar-refractivity contribution in [3.63, 3.8) is 0 Å². The first-order valence-electron chi connectivity index (χ1n) is 7.00. The van der Waals surface area contributed by atoms with Crippen molar-refractivity contribution in [3.05, 3.63) is 46.2 Å². The minimum Gasteiger partial charge on any atom is -0.491 e. The molecule has 0 saturated carbocycles. The number of rotatable bonds is 7. The molecular weight excluding hydrogens is 329 g/mol. The van der Waals surface area contributed by atoms with Gasteiger partial charge in [-0.2, -0.15) is 18.3 Å². The second-order valence-electron chi connectivity index (χ2n) is 4.70. The molecule has 6 nitrogen and oxygen atoms in total. The summed E-state index contributed by atoms with van der Waals surface area (Å²) < 4.78 is 49.7. The predicted octanol–water partition coefficient (Wildman–Crippen LogP) is 1.84. The Hall–Kier alpha value is -2.39. The normalized spacial score (nSPS) is 11.5. The Morgan fingerprint density at radius 3 is 2.54 bits per heavy atom. The van der Waals surface area contributed by atoms with E-state index in [0.717, 1.165) is 6.07 Å². The molecule has 1 aromatic heterocycles. The van der Waals surface area contributed by atoms with Gasteiger partial charge in [-0.05, 0) is 24.3 Å². The van der Waals surface area contributed by atoms with Gasteiger partial charge in [0.15, 0.2) is 0 Å². The van der Waals surface area contributed by atoms with E-state index in [4.69, 9.17) is 14.6 Å². The van der Waals surface area contributed by atoms with Crippen molar-refractivity contribution in [1.82, 2.24) is 10.2 Å². The first kappa shape index (κ1) is 18.0. The Bertz CT molecular complexity index is 711. The molecule has 2 aromatic rings. The van der Waals surface area contributed by atoms with E-state index in [1.165, 1.54) is 24.3 Å². The molecule has 1 heterocycles. The van der Waals surface area contributed by atoms with Gasteiger partial charge >= 0.3 is 6.18 Å². The fourth-order valence-corrected chi connectivity index (χ4v) is 1.92. The van der Waals surface area contributed by atoms with E-state index >= 15 is 0 Å². The van der Waals surface area contributed by atoms with Crippen LogP contribution in [0.4, 0.5) is 13.2 Å². The molecule has 24 heavy (non-hydrogen) atoms. The van der Waals surface area contributed by atoms with Gasteiger partial charge in [0.2, 0.25) is 0 Å². The zero-order valence-corrected chi connectivity index (χ0v) is 12.5. The molecule has 0 spiro atoms. The van der Waals surface area contributed by atoms with E-state index < -0.39 is 17.3 Å². The number of hydrogen-bond acceptors (Lipinski definition) is 5. The number of alkyl halides is 3. The number of aliphatic hydroxyl groups excluding tert-OH is 1. The standard InChI is InChI=1S/C15H15F3N2O4/c16-15(17,18)11-9-10(12-2-4-14(22)20-19-12)1-3-13(11)24-8-7-23-6-5-21/h1-4,9,21H,5-8H2,(H,20,22). The summed E-state index contributed by atoms with van der Waals surface area (Å²) in [4.78, 5) is 11.0. The third-order valence-electron chi connectivity index (χ3n) is 2.98. The molecule has 0 aliphatic carbocycles. The molecule has 0 radical (unpaired) electrons. The Morgan fingerprint density at radius 1 is 1.12 bits per heavy atom. The smallest absolute Gasteiger partial charge is 0.419 e. The van der Waals surface area contributed by atoms with Gasteiger partial charge in [-0.3, -0.25) is 4.79 Å². The molecule has 0 unspecified atom stereocenters. The van der Waals surface area contributed by atoms with Crippen LogP contribution in [-0.2, 0) is 10.9 Å². The Labute approximate surface area is 134 Å². The Morgan fingerprint density at radius 2 is 1.92 bits per heavy atom. The summed E-state index contributed by atoms with van der Waals surface area (Å²) in [5.41, 5.74) is -0.992. The zero-order chi connectivity index (χ0) is 17.6. The Kier molecular flexibility index (Phi) is 5.93. The lowest BCUT2D eigenvalue weighted by atomic mass is 10.1. The maximum Gasteiger partial charge on any atom is 0.419 e. The van der Waals surface area contributed by atoms with Gasteiger partial charge in [0.05, 0.1) is 31.1 Å². The van der Waals surface area contributed by atoms with Crippen molar-refractivity contribution in [2.75, 3.05) is 26.4 Å². The van der Waals surface area contributed by atoms with Crippen LogP contribution in [0.5, 0.6) is 5.75 Å². The molecule has 1 aromatic carbocycles. The number of halogens is 3. The quantitative estimate of drug-likeness (QED) is 0.749. The highest BCUT2D eigenvalue weighted by Gasteiger charge is 2.34. The average molecular weight is 344 g/mol. The topological polar surface area (TPSA) is 84.4 Å². The van der Waals surface area contributed by atoms with E-state index in [-0.39, 0.29) is 43.4 Å². The van der Waals surface area contributed by atoms with Crippen molar-refractivity contribution in [3.8, 4) is 17.0 Å². The summed E-state index contributed by atoms with van der Waals surface area (Å²) in [6, 6.07) is 6.03. The molecular formula is C15H15F3N2O4. The van der Waals surface area contributed by atoms with E-state index in [2.05, 4.69) is 10.2 Å². The minimum absolute atomic E-state index is 0.0566. The lowest BCUT2D eigenvalue weighted by molar-refractivity contribution is -0.139. The monoisotopic (exact) mass is 344 g/mol. The number of aromatic nitrogens is 2. The van der Waals surface area contributed by atoms with Crippen LogP contribution >= 0.6 is 0 Å². The molecule has 0 saturated heterocycles. The van der Waals surface area contributed by atoms with Gasteiger partial charge in [0.1, 0.15) is 12.4 Å². The number of aliphatic hydroxyl groups is 1. The molecule has 9 heteroatoms. The average Bonchev–Trinajstić information content (AvgIpc) is 2.54.